The maximum Gasteiger partial charge on any atom is 0.410 e. The lowest BCUT2D eigenvalue weighted by Gasteiger charge is -2.32. The molecule has 1 aromatic carbocycles. The largest absolute Gasteiger partial charge is 0.445 e. The van der Waals surface area contributed by atoms with Gasteiger partial charge in [-0.2, -0.15) is 0 Å². The molecule has 0 N–H and O–H groups in total. The van der Waals surface area contributed by atoms with E-state index in [0.717, 1.165) is 10.5 Å². The molecule has 17 heavy (non-hydrogen) atoms. The van der Waals surface area contributed by atoms with Crippen LogP contribution in [0, 0.1) is 0 Å². The van der Waals surface area contributed by atoms with Gasteiger partial charge in [-0.25, -0.2) is 4.79 Å². The van der Waals surface area contributed by atoms with Gasteiger partial charge < -0.3 is 14.4 Å². The van der Waals surface area contributed by atoms with E-state index in [4.69, 9.17) is 12.2 Å². The molecule has 0 unspecified atom stereocenters. The van der Waals surface area contributed by atoms with Crippen LogP contribution < -0.4 is 0 Å². The lowest BCUT2D eigenvalue weighted by atomic mass is 10.2. The first-order valence-electron chi connectivity index (χ1n) is 6.58. The van der Waals surface area contributed by atoms with Crippen LogP contribution in [0.4, 0.5) is 4.79 Å². The molecule has 0 aromatic heterocycles. The van der Waals surface area contributed by atoms with Crippen molar-refractivity contribution in [3.63, 3.8) is 0 Å². The molecule has 1 saturated heterocycles. The van der Waals surface area contributed by atoms with Crippen LogP contribution >= 0.6 is 0 Å². The zero-order chi connectivity index (χ0) is 13.9. The highest BCUT2D eigenvalue weighted by Gasteiger charge is 2.24. The highest BCUT2D eigenvalue weighted by Crippen LogP contribution is 2.09. The van der Waals surface area contributed by atoms with Crippen molar-refractivity contribution >= 4 is 6.09 Å². The molecule has 1 atom stereocenters. The molecule has 92 valence electrons. The molecule has 1 amide bonds. The minimum atomic E-state index is -1.83. The van der Waals surface area contributed by atoms with E-state index in [1.807, 2.05) is 30.3 Å². The van der Waals surface area contributed by atoms with Crippen LogP contribution in [0.25, 0.3) is 0 Å². The van der Waals surface area contributed by atoms with Crippen LogP contribution in [0.1, 0.15) is 15.2 Å². The summed E-state index contributed by atoms with van der Waals surface area (Å²) in [7, 11) is 0. The molecular formula is C13H17NO3. The number of amides is 1. The zero-order valence-electron chi connectivity index (χ0n) is 11.8. The maximum absolute atomic E-state index is 12.0. The van der Waals surface area contributed by atoms with Crippen molar-refractivity contribution in [3.8, 4) is 0 Å². The molecule has 1 aliphatic heterocycles. The summed E-state index contributed by atoms with van der Waals surface area (Å²) in [6, 6.07) is 8.97. The van der Waals surface area contributed by atoms with Crippen molar-refractivity contribution in [1.29, 1.82) is 0 Å². The summed E-state index contributed by atoms with van der Waals surface area (Å²) in [5.41, 5.74) is 0.873. The third kappa shape index (κ3) is 3.20. The van der Waals surface area contributed by atoms with Crippen molar-refractivity contribution in [2.45, 2.75) is 19.6 Å². The van der Waals surface area contributed by atoms with Gasteiger partial charge >= 0.3 is 6.09 Å². The molecule has 4 nitrogen and oxygen atoms in total. The van der Waals surface area contributed by atoms with E-state index in [2.05, 4.69) is 0 Å². The molecule has 0 bridgehead atoms. The van der Waals surface area contributed by atoms with Crippen LogP contribution in [0.3, 0.4) is 0 Å². The first-order valence-corrected chi connectivity index (χ1v) is 5.58. The Bertz CT molecular complexity index is 439. The molecule has 0 saturated carbocycles. The Balaban J connectivity index is 1.98. The summed E-state index contributed by atoms with van der Waals surface area (Å²) in [5.74, 6) is 0. The Morgan fingerprint density at radius 3 is 3.06 bits per heavy atom. The van der Waals surface area contributed by atoms with Crippen molar-refractivity contribution in [3.05, 3.63) is 35.9 Å². The van der Waals surface area contributed by atoms with E-state index >= 15 is 0 Å². The lowest BCUT2D eigenvalue weighted by Crippen LogP contribution is -2.47. The highest BCUT2D eigenvalue weighted by molar-refractivity contribution is 5.68. The SMILES string of the molecule is [2H]C1([2H])COC[C@H](C)N1C(=O)OCc1ccccc1. The second-order valence-electron chi connectivity index (χ2n) is 3.93. The standard InChI is InChI=1S/C13H17NO3/c1-11-9-16-8-7-14(11)13(15)17-10-12-5-3-2-4-6-12/h2-6,11H,7-10H2,1H3/t11-/m0/s1/i7D2. The fraction of sp³-hybridized carbons (Fsp3) is 0.462. The fourth-order valence-corrected chi connectivity index (χ4v) is 1.61. The van der Waals surface area contributed by atoms with E-state index in [1.54, 1.807) is 6.92 Å². The molecule has 1 fully saturated rings. The third-order valence-corrected chi connectivity index (χ3v) is 2.54. The van der Waals surface area contributed by atoms with Crippen LogP contribution in [-0.2, 0) is 16.1 Å². The Labute approximate surface area is 104 Å². The van der Waals surface area contributed by atoms with Crippen molar-refractivity contribution < 1.29 is 17.0 Å². The first kappa shape index (κ1) is 9.48. The average Bonchev–Trinajstić information content (AvgIpc) is 2.36. The number of ether oxygens (including phenoxy) is 2. The van der Waals surface area contributed by atoms with Gasteiger partial charge in [0, 0.05) is 6.50 Å². The molecule has 2 rings (SSSR count). The molecule has 0 aliphatic carbocycles. The molecule has 4 heteroatoms. The fourth-order valence-electron chi connectivity index (χ4n) is 1.61. The Morgan fingerprint density at radius 1 is 1.59 bits per heavy atom. The Hall–Kier alpha value is -1.55. The second kappa shape index (κ2) is 5.68. The van der Waals surface area contributed by atoms with Gasteiger partial charge in [0.15, 0.2) is 0 Å². The van der Waals surface area contributed by atoms with Gasteiger partial charge in [-0.05, 0) is 12.5 Å². The molecule has 1 aromatic rings. The van der Waals surface area contributed by atoms with Crippen LogP contribution in [0.5, 0.6) is 0 Å². The number of nitrogens with zero attached hydrogens (tertiary/aromatic N) is 1. The predicted molar refractivity (Wildman–Crippen MR) is 63.6 cm³/mol. The summed E-state index contributed by atoms with van der Waals surface area (Å²) in [4.78, 5) is 13.1. The van der Waals surface area contributed by atoms with E-state index in [0.29, 0.717) is 6.61 Å². The van der Waals surface area contributed by atoms with Gasteiger partial charge in [0.25, 0.3) is 0 Å². The van der Waals surface area contributed by atoms with Crippen LogP contribution in [-0.4, -0.2) is 36.7 Å². The summed E-state index contributed by atoms with van der Waals surface area (Å²) in [5, 5.41) is 0. The average molecular weight is 237 g/mol. The van der Waals surface area contributed by atoms with Crippen LogP contribution in [0.2, 0.25) is 0 Å². The van der Waals surface area contributed by atoms with Gasteiger partial charge in [-0.3, -0.25) is 0 Å². The second-order valence-corrected chi connectivity index (χ2v) is 3.93. The van der Waals surface area contributed by atoms with Crippen LogP contribution in [0.15, 0.2) is 30.3 Å². The number of hydrogen-bond donors (Lipinski definition) is 0. The summed E-state index contributed by atoms with van der Waals surface area (Å²) in [6.07, 6.45) is -0.648. The van der Waals surface area contributed by atoms with E-state index in [1.165, 1.54) is 0 Å². The minimum absolute atomic E-state index is 0.127. The topological polar surface area (TPSA) is 38.8 Å². The van der Waals surface area contributed by atoms with Gasteiger partial charge in [0.1, 0.15) is 6.61 Å². The molecule has 1 aliphatic rings. The molecule has 0 radical (unpaired) electrons. The zero-order valence-corrected chi connectivity index (χ0v) is 9.76. The Kier molecular flexibility index (Phi) is 3.17. The number of rotatable bonds is 2. The van der Waals surface area contributed by atoms with E-state index < -0.39 is 12.6 Å². The minimum Gasteiger partial charge on any atom is -0.445 e. The van der Waals surface area contributed by atoms with Gasteiger partial charge in [0.2, 0.25) is 0 Å². The monoisotopic (exact) mass is 237 g/mol. The lowest BCUT2D eigenvalue weighted by molar-refractivity contribution is -0.00483. The number of carbonyl (C=O) groups is 1. The molecule has 0 spiro atoms. The number of hydrogen-bond acceptors (Lipinski definition) is 3. The third-order valence-electron chi connectivity index (χ3n) is 2.54. The van der Waals surface area contributed by atoms with Crippen molar-refractivity contribution in [1.82, 2.24) is 4.90 Å². The predicted octanol–water partition coefficient (Wildman–Crippen LogP) is 2.04. The Morgan fingerprint density at radius 2 is 2.35 bits per heavy atom. The van der Waals surface area contributed by atoms with E-state index in [9.17, 15) is 4.79 Å². The van der Waals surface area contributed by atoms with Gasteiger partial charge in [-0.1, -0.05) is 30.3 Å². The molecular weight excluding hydrogens is 218 g/mol. The van der Waals surface area contributed by atoms with Gasteiger partial charge in [0.05, 0.1) is 22.0 Å². The van der Waals surface area contributed by atoms with E-state index in [-0.39, 0.29) is 19.3 Å². The maximum atomic E-state index is 12.0. The normalized spacial score (nSPS) is 24.8. The molecule has 1 heterocycles. The summed E-state index contributed by atoms with van der Waals surface area (Å²) < 4.78 is 25.9. The number of carbonyl (C=O) groups excluding carboxylic acids is 1. The van der Waals surface area contributed by atoms with Crippen molar-refractivity contribution in [2.75, 3.05) is 19.7 Å². The number of benzene rings is 1. The summed E-state index contributed by atoms with van der Waals surface area (Å²) >= 11 is 0. The quantitative estimate of drug-likeness (QED) is 0.790. The first-order chi connectivity index (χ1) is 9.00. The highest BCUT2D eigenvalue weighted by atomic mass is 16.6. The van der Waals surface area contributed by atoms with Crippen molar-refractivity contribution in [2.24, 2.45) is 0 Å². The number of morpholine rings is 1. The van der Waals surface area contributed by atoms with Gasteiger partial charge in [-0.15, -0.1) is 0 Å². The summed E-state index contributed by atoms with van der Waals surface area (Å²) in [6.45, 7) is 0.240. The smallest absolute Gasteiger partial charge is 0.410 e.